The highest BCUT2D eigenvalue weighted by Gasteiger charge is 2.58. The molecule has 3 heterocycles. The van der Waals surface area contributed by atoms with Crippen molar-refractivity contribution in [1.82, 2.24) is 14.5 Å². The topological polar surface area (TPSA) is 197 Å². The lowest BCUT2D eigenvalue weighted by atomic mass is 9.98. The zero-order valence-electron chi connectivity index (χ0n) is 26.0. The molecule has 1 unspecified atom stereocenters. The molecular formula is C31H52N4O9. The fraction of sp³-hybridized carbons (Fsp3) is 0.806. The molecule has 0 aromatic carbocycles. The lowest BCUT2D eigenvalue weighted by molar-refractivity contribution is -0.152. The van der Waals surface area contributed by atoms with Gasteiger partial charge >= 0.3 is 11.7 Å². The van der Waals surface area contributed by atoms with Gasteiger partial charge in [-0.05, 0) is 25.8 Å². The Balaban J connectivity index is 1.55. The fourth-order valence-electron chi connectivity index (χ4n) is 6.23. The van der Waals surface area contributed by atoms with Gasteiger partial charge in [0.2, 0.25) is 5.91 Å². The van der Waals surface area contributed by atoms with Gasteiger partial charge in [0.25, 0.3) is 5.56 Å². The third-order valence-corrected chi connectivity index (χ3v) is 8.65. The Bertz CT molecular complexity index is 1140. The van der Waals surface area contributed by atoms with E-state index < -0.39 is 60.1 Å². The Hall–Kier alpha value is -2.58. The van der Waals surface area contributed by atoms with Crippen molar-refractivity contribution in [2.45, 2.75) is 153 Å². The number of nitrogens with one attached hydrogen (secondary N) is 1. The molecule has 0 radical (unpaired) electrons. The van der Waals surface area contributed by atoms with Crippen LogP contribution in [0.5, 0.6) is 0 Å². The number of ether oxygens (including phenoxy) is 2. The van der Waals surface area contributed by atoms with Crippen LogP contribution < -0.4 is 17.0 Å². The number of nitrogens with zero attached hydrogens (tertiary/aromatic N) is 2. The van der Waals surface area contributed by atoms with Gasteiger partial charge in [-0.1, -0.05) is 84.0 Å². The minimum absolute atomic E-state index is 0.156. The highest BCUT2D eigenvalue weighted by Crippen LogP contribution is 2.38. The van der Waals surface area contributed by atoms with Crippen LogP contribution in [0.15, 0.2) is 21.9 Å². The number of carbonyl (C=O) groups excluding carboxylic acids is 1. The van der Waals surface area contributed by atoms with Crippen LogP contribution in [0.25, 0.3) is 0 Å². The number of rotatable bonds is 20. The first-order valence-corrected chi connectivity index (χ1v) is 16.4. The smallest absolute Gasteiger partial charge is 0.330 e. The van der Waals surface area contributed by atoms with Crippen LogP contribution in [0.2, 0.25) is 0 Å². The number of carbonyl (C=O) groups is 2. The summed E-state index contributed by atoms with van der Waals surface area (Å²) in [4.78, 5) is 53.0. The Kier molecular flexibility index (Phi) is 15.0. The minimum atomic E-state index is -1.63. The number of hydrogen-bond acceptors (Lipinski definition) is 9. The first kappa shape index (κ1) is 35.9. The number of amides is 1. The normalized spacial score (nSPS) is 26.8. The molecule has 250 valence electrons. The van der Waals surface area contributed by atoms with E-state index in [1.807, 2.05) is 0 Å². The van der Waals surface area contributed by atoms with Gasteiger partial charge in [0.15, 0.2) is 12.3 Å². The van der Waals surface area contributed by atoms with Gasteiger partial charge in [-0.2, -0.15) is 0 Å². The van der Waals surface area contributed by atoms with Crippen LogP contribution >= 0.6 is 0 Å². The molecule has 2 aliphatic rings. The highest BCUT2D eigenvalue weighted by molar-refractivity contribution is 5.85. The number of carboxylic acid groups (broad SMARTS) is 1. The van der Waals surface area contributed by atoms with E-state index in [1.54, 1.807) is 0 Å². The van der Waals surface area contributed by atoms with E-state index in [4.69, 9.17) is 15.2 Å². The van der Waals surface area contributed by atoms with E-state index in [-0.39, 0.29) is 18.7 Å². The molecule has 1 amide bonds. The van der Waals surface area contributed by atoms with Gasteiger partial charge in [0.1, 0.15) is 30.6 Å². The zero-order chi connectivity index (χ0) is 32.1. The number of H-pyrrole nitrogens is 1. The van der Waals surface area contributed by atoms with Gasteiger partial charge in [0, 0.05) is 18.7 Å². The molecule has 44 heavy (non-hydrogen) atoms. The lowest BCUT2D eigenvalue weighted by Crippen LogP contribution is -2.52. The van der Waals surface area contributed by atoms with E-state index >= 15 is 0 Å². The number of aliphatic carboxylic acids is 1. The molecule has 13 nitrogen and oxygen atoms in total. The molecule has 0 saturated carbocycles. The molecule has 7 atom stereocenters. The monoisotopic (exact) mass is 624 g/mol. The molecule has 13 heteroatoms. The third-order valence-electron chi connectivity index (χ3n) is 8.65. The summed E-state index contributed by atoms with van der Waals surface area (Å²) >= 11 is 0. The number of aromatic nitrogens is 2. The molecule has 0 spiro atoms. The Labute approximate surface area is 258 Å². The van der Waals surface area contributed by atoms with E-state index in [1.165, 1.54) is 62.7 Å². The number of aromatic amines is 1. The van der Waals surface area contributed by atoms with Crippen LogP contribution in [0.1, 0.15) is 116 Å². The second kappa shape index (κ2) is 18.4. The van der Waals surface area contributed by atoms with E-state index in [2.05, 4.69) is 11.9 Å². The predicted octanol–water partition coefficient (Wildman–Crippen LogP) is 2.38. The van der Waals surface area contributed by atoms with Crippen LogP contribution in [0.3, 0.4) is 0 Å². The van der Waals surface area contributed by atoms with Crippen molar-refractivity contribution < 1.29 is 34.4 Å². The maximum atomic E-state index is 13.4. The SMILES string of the molecule is CCCCCCCCCCCCCCCC(=O)N1C(CCCN)O[C@H]([C@H]2O[C@@H](n3ccc(=O)[nH]c3=O)[C@H](O)[C@@H]2O)[C@H]1C(=O)O. The second-order valence-electron chi connectivity index (χ2n) is 12.1. The average Bonchev–Trinajstić information content (AvgIpc) is 3.51. The van der Waals surface area contributed by atoms with Crippen LogP contribution in [0.4, 0.5) is 0 Å². The second-order valence-corrected chi connectivity index (χ2v) is 12.1. The van der Waals surface area contributed by atoms with Crippen molar-refractivity contribution in [3.05, 3.63) is 33.1 Å². The first-order valence-electron chi connectivity index (χ1n) is 16.4. The largest absolute Gasteiger partial charge is 0.480 e. The molecule has 1 aromatic rings. The predicted molar refractivity (Wildman–Crippen MR) is 163 cm³/mol. The van der Waals surface area contributed by atoms with Crippen LogP contribution in [0, 0.1) is 0 Å². The molecule has 2 aliphatic heterocycles. The van der Waals surface area contributed by atoms with Gasteiger partial charge in [0.05, 0.1) is 0 Å². The summed E-state index contributed by atoms with van der Waals surface area (Å²) < 4.78 is 12.8. The molecular weight excluding hydrogens is 572 g/mol. The van der Waals surface area contributed by atoms with Gasteiger partial charge < -0.3 is 35.4 Å². The van der Waals surface area contributed by atoms with Gasteiger partial charge in [-0.25, -0.2) is 9.59 Å². The summed E-state index contributed by atoms with van der Waals surface area (Å²) in [5, 5.41) is 31.8. The molecule has 2 saturated heterocycles. The highest BCUT2D eigenvalue weighted by atomic mass is 16.6. The number of hydrogen-bond donors (Lipinski definition) is 5. The third kappa shape index (κ3) is 9.71. The van der Waals surface area contributed by atoms with Crippen molar-refractivity contribution in [3.8, 4) is 0 Å². The Morgan fingerprint density at radius 1 is 0.864 bits per heavy atom. The van der Waals surface area contributed by atoms with Crippen molar-refractivity contribution in [2.75, 3.05) is 6.54 Å². The van der Waals surface area contributed by atoms with Crippen molar-refractivity contribution in [1.29, 1.82) is 0 Å². The fourth-order valence-corrected chi connectivity index (χ4v) is 6.23. The minimum Gasteiger partial charge on any atom is -0.480 e. The maximum absolute atomic E-state index is 13.4. The number of aliphatic hydroxyl groups is 2. The number of unbranched alkanes of at least 4 members (excludes halogenated alkanes) is 12. The maximum Gasteiger partial charge on any atom is 0.330 e. The summed E-state index contributed by atoms with van der Waals surface area (Å²) in [6, 6.07) is -0.423. The van der Waals surface area contributed by atoms with Crippen molar-refractivity contribution >= 4 is 11.9 Å². The number of nitrogens with two attached hydrogens (primary N) is 1. The quantitative estimate of drug-likeness (QED) is 0.134. The molecule has 6 N–H and O–H groups in total. The van der Waals surface area contributed by atoms with Gasteiger partial charge in [-0.15, -0.1) is 0 Å². The zero-order valence-corrected chi connectivity index (χ0v) is 26.0. The lowest BCUT2D eigenvalue weighted by Gasteiger charge is -2.28. The van der Waals surface area contributed by atoms with E-state index in [9.17, 15) is 34.5 Å². The summed E-state index contributed by atoms with van der Waals surface area (Å²) in [5.41, 5.74) is 4.17. The van der Waals surface area contributed by atoms with E-state index in [0.717, 1.165) is 36.1 Å². The van der Waals surface area contributed by atoms with Crippen molar-refractivity contribution in [2.24, 2.45) is 5.73 Å². The summed E-state index contributed by atoms with van der Waals surface area (Å²) in [5.74, 6) is -1.70. The van der Waals surface area contributed by atoms with E-state index in [0.29, 0.717) is 19.4 Å². The summed E-state index contributed by atoms with van der Waals surface area (Å²) in [6.45, 7) is 2.53. The number of carboxylic acids is 1. The molecule has 0 bridgehead atoms. The van der Waals surface area contributed by atoms with Gasteiger partial charge in [-0.3, -0.25) is 19.1 Å². The Morgan fingerprint density at radius 2 is 1.45 bits per heavy atom. The molecule has 3 rings (SSSR count). The number of aliphatic hydroxyl groups excluding tert-OH is 2. The summed E-state index contributed by atoms with van der Waals surface area (Å²) in [7, 11) is 0. The standard InChI is InChI=1S/C31H52N4O9/c1-2-3-4-5-6-7-8-9-10-11-12-13-14-16-22(37)35-23(17-15-19-32)43-27(24(35)30(40)41)28-25(38)26(39)29(44-28)34-20-18-21(36)33-31(34)42/h18,20,23-29,38-39H,2-17,19,32H2,1H3,(H,40,41)(H,33,36,42)/t23?,24-,25-,26+,27-,28-,29+/m0/s1. The summed E-state index contributed by atoms with van der Waals surface area (Å²) in [6.07, 6.45) is 8.89. The molecule has 0 aliphatic carbocycles. The molecule has 1 aromatic heterocycles. The first-order chi connectivity index (χ1) is 21.2. The van der Waals surface area contributed by atoms with Crippen molar-refractivity contribution in [3.63, 3.8) is 0 Å². The van der Waals surface area contributed by atoms with Crippen LogP contribution in [-0.4, -0.2) is 84.9 Å². The molecule has 2 fully saturated rings. The Morgan fingerprint density at radius 3 is 2.00 bits per heavy atom. The average molecular weight is 625 g/mol. The van der Waals surface area contributed by atoms with Crippen LogP contribution in [-0.2, 0) is 19.1 Å².